The Kier molecular flexibility index (Phi) is 6.12. The van der Waals surface area contributed by atoms with Gasteiger partial charge in [-0.3, -0.25) is 9.59 Å². The van der Waals surface area contributed by atoms with Crippen LogP contribution in [0.3, 0.4) is 0 Å². The van der Waals surface area contributed by atoms with Crippen LogP contribution in [0.2, 0.25) is 5.02 Å². The van der Waals surface area contributed by atoms with Crippen molar-refractivity contribution in [2.75, 3.05) is 19.7 Å². The summed E-state index contributed by atoms with van der Waals surface area (Å²) in [7, 11) is 0. The lowest BCUT2D eigenvalue weighted by Gasteiger charge is -2.48. The van der Waals surface area contributed by atoms with Gasteiger partial charge in [-0.05, 0) is 30.5 Å². The lowest BCUT2D eigenvalue weighted by atomic mass is 9.68. The van der Waals surface area contributed by atoms with Gasteiger partial charge in [-0.2, -0.15) is 13.2 Å². The molecule has 0 bridgehead atoms. The van der Waals surface area contributed by atoms with Gasteiger partial charge in [0.15, 0.2) is 0 Å². The number of benzene rings is 1. The van der Waals surface area contributed by atoms with E-state index in [0.717, 1.165) is 6.07 Å². The molecule has 1 saturated heterocycles. The van der Waals surface area contributed by atoms with Crippen molar-refractivity contribution in [2.45, 2.75) is 44.2 Å². The summed E-state index contributed by atoms with van der Waals surface area (Å²) in [4.78, 5) is 24.9. The molecule has 0 unspecified atom stereocenters. The first-order valence-electron chi connectivity index (χ1n) is 9.15. The molecule has 0 atom stereocenters. The largest absolute Gasteiger partial charge is 0.464 e. The van der Waals surface area contributed by atoms with Crippen molar-refractivity contribution < 1.29 is 32.2 Å². The molecule has 0 spiro atoms. The number of nitrogens with two attached hydrogens (primary N) is 1. The van der Waals surface area contributed by atoms with Crippen molar-refractivity contribution in [3.05, 3.63) is 34.3 Å². The summed E-state index contributed by atoms with van der Waals surface area (Å²) in [5.74, 6) is -0.599. The zero-order valence-corrected chi connectivity index (χ0v) is 16.6. The van der Waals surface area contributed by atoms with E-state index in [-0.39, 0.29) is 36.2 Å². The number of alkyl halides is 3. The normalized spacial score (nSPS) is 24.6. The van der Waals surface area contributed by atoms with Crippen LogP contribution in [0.1, 0.15) is 30.9 Å². The van der Waals surface area contributed by atoms with Crippen LogP contribution in [0.25, 0.3) is 0 Å². The fourth-order valence-electron chi connectivity index (χ4n) is 3.53. The second kappa shape index (κ2) is 8.12. The van der Waals surface area contributed by atoms with Gasteiger partial charge < -0.3 is 20.1 Å². The van der Waals surface area contributed by atoms with Gasteiger partial charge in [0.25, 0.3) is 0 Å². The zero-order chi connectivity index (χ0) is 21.4. The summed E-state index contributed by atoms with van der Waals surface area (Å²) in [5.41, 5.74) is 5.08. The molecule has 3 rings (SSSR count). The molecule has 1 aromatic rings. The highest BCUT2D eigenvalue weighted by Gasteiger charge is 2.48. The fraction of sp³-hybridized carbons (Fsp3) is 0.579. The van der Waals surface area contributed by atoms with Crippen LogP contribution in [-0.4, -0.2) is 48.1 Å². The first-order chi connectivity index (χ1) is 13.5. The number of likely N-dealkylation sites (tertiary alicyclic amines) is 1. The smallest absolute Gasteiger partial charge is 0.417 e. The summed E-state index contributed by atoms with van der Waals surface area (Å²) < 4.78 is 48.7. The third kappa shape index (κ3) is 5.21. The van der Waals surface area contributed by atoms with Crippen LogP contribution in [0, 0.1) is 5.92 Å². The molecule has 1 aliphatic heterocycles. The number of carbonyl (C=O) groups excluding carboxylic acids is 2. The Bertz CT molecular complexity index is 790. The highest BCUT2D eigenvalue weighted by atomic mass is 35.5. The van der Waals surface area contributed by atoms with Gasteiger partial charge in [-0.15, -0.1) is 0 Å². The Morgan fingerprint density at radius 2 is 1.97 bits per heavy atom. The zero-order valence-electron chi connectivity index (χ0n) is 15.8. The third-order valence-corrected chi connectivity index (χ3v) is 5.52. The molecule has 6 nitrogen and oxygen atoms in total. The number of hydrogen-bond donors (Lipinski definition) is 1. The van der Waals surface area contributed by atoms with Crippen molar-refractivity contribution in [3.63, 3.8) is 0 Å². The minimum absolute atomic E-state index is 0.00803. The van der Waals surface area contributed by atoms with Gasteiger partial charge in [0.2, 0.25) is 5.91 Å². The molecule has 10 heteroatoms. The van der Waals surface area contributed by atoms with Crippen LogP contribution < -0.4 is 5.73 Å². The maximum absolute atomic E-state index is 12.7. The number of nitrogens with zero attached hydrogens (tertiary/aromatic N) is 1. The second-order valence-electron chi connectivity index (χ2n) is 7.74. The van der Waals surface area contributed by atoms with Crippen LogP contribution >= 0.6 is 11.6 Å². The minimum Gasteiger partial charge on any atom is -0.464 e. The topological polar surface area (TPSA) is 81.9 Å². The van der Waals surface area contributed by atoms with E-state index in [0.29, 0.717) is 31.5 Å². The van der Waals surface area contributed by atoms with E-state index >= 15 is 0 Å². The predicted octanol–water partition coefficient (Wildman–Crippen LogP) is 2.76. The summed E-state index contributed by atoms with van der Waals surface area (Å²) >= 11 is 5.70. The van der Waals surface area contributed by atoms with Crippen LogP contribution in [-0.2, 0) is 31.8 Å². The Hall–Kier alpha value is -1.84. The summed E-state index contributed by atoms with van der Waals surface area (Å²) in [6, 6.07) is 3.50. The van der Waals surface area contributed by atoms with Gasteiger partial charge >= 0.3 is 12.1 Å². The standard InChI is InChI=1S/C19H22ClF3N2O4/c1-11(26)29-10-18(24)5-13(6-18)17(27)25-7-14(8-25)28-9-12-2-3-15(16(20)4-12)19(21,22)23/h2-4,13-14H,5-10,24H2,1H3. The molecule has 2 N–H and O–H groups in total. The molecule has 2 fully saturated rings. The van der Waals surface area contributed by atoms with Crippen molar-refractivity contribution in [1.29, 1.82) is 0 Å². The fourth-order valence-corrected chi connectivity index (χ4v) is 3.84. The van der Waals surface area contributed by atoms with Gasteiger partial charge in [0.1, 0.15) is 6.61 Å². The Balaban J connectivity index is 1.39. The number of amides is 1. The molecule has 1 aliphatic carbocycles. The van der Waals surface area contributed by atoms with Gasteiger partial charge in [-0.1, -0.05) is 17.7 Å². The predicted molar refractivity (Wildman–Crippen MR) is 97.9 cm³/mol. The molecular formula is C19H22ClF3N2O4. The van der Waals surface area contributed by atoms with Crippen molar-refractivity contribution >= 4 is 23.5 Å². The van der Waals surface area contributed by atoms with Crippen molar-refractivity contribution in [2.24, 2.45) is 11.7 Å². The highest BCUT2D eigenvalue weighted by molar-refractivity contribution is 6.31. The number of ether oxygens (including phenoxy) is 2. The highest BCUT2D eigenvalue weighted by Crippen LogP contribution is 2.38. The number of carbonyl (C=O) groups is 2. The van der Waals surface area contributed by atoms with E-state index < -0.39 is 23.2 Å². The van der Waals surface area contributed by atoms with E-state index in [1.54, 1.807) is 4.90 Å². The molecule has 2 aliphatic rings. The van der Waals surface area contributed by atoms with Gasteiger partial charge in [0, 0.05) is 25.9 Å². The molecular weight excluding hydrogens is 413 g/mol. The summed E-state index contributed by atoms with van der Waals surface area (Å²) in [5, 5.41) is -0.368. The molecule has 1 amide bonds. The van der Waals surface area contributed by atoms with Crippen molar-refractivity contribution in [1.82, 2.24) is 4.90 Å². The minimum atomic E-state index is -4.49. The molecule has 160 valence electrons. The quantitative estimate of drug-likeness (QED) is 0.696. The molecule has 0 aromatic heterocycles. The van der Waals surface area contributed by atoms with E-state index in [2.05, 4.69) is 0 Å². The number of halogens is 4. The first kappa shape index (κ1) is 21.9. The first-order valence-corrected chi connectivity index (χ1v) is 9.53. The molecule has 1 saturated carbocycles. The monoisotopic (exact) mass is 434 g/mol. The van der Waals surface area contributed by atoms with E-state index in [1.807, 2.05) is 0 Å². The molecule has 0 radical (unpaired) electrons. The third-order valence-electron chi connectivity index (χ3n) is 5.20. The van der Waals surface area contributed by atoms with Crippen LogP contribution in [0.4, 0.5) is 13.2 Å². The SMILES string of the molecule is CC(=O)OCC1(N)CC(C(=O)N2CC(OCc3ccc(C(F)(F)F)c(Cl)c3)C2)C1. The molecule has 29 heavy (non-hydrogen) atoms. The number of esters is 1. The summed E-state index contributed by atoms with van der Waals surface area (Å²) in [6.45, 7) is 2.37. The Morgan fingerprint density at radius 3 is 2.52 bits per heavy atom. The average Bonchev–Trinajstić information content (AvgIpc) is 2.54. The average molecular weight is 435 g/mol. The van der Waals surface area contributed by atoms with E-state index in [1.165, 1.54) is 19.1 Å². The molecule has 1 aromatic carbocycles. The van der Waals surface area contributed by atoms with Gasteiger partial charge in [-0.25, -0.2) is 0 Å². The molecule has 1 heterocycles. The maximum atomic E-state index is 12.7. The Morgan fingerprint density at radius 1 is 1.31 bits per heavy atom. The lowest BCUT2D eigenvalue weighted by molar-refractivity contribution is -0.157. The van der Waals surface area contributed by atoms with E-state index in [4.69, 9.17) is 26.8 Å². The second-order valence-corrected chi connectivity index (χ2v) is 8.14. The summed E-state index contributed by atoms with van der Waals surface area (Å²) in [6.07, 6.45) is -3.74. The van der Waals surface area contributed by atoms with Crippen LogP contribution in [0.15, 0.2) is 18.2 Å². The van der Waals surface area contributed by atoms with Crippen molar-refractivity contribution in [3.8, 4) is 0 Å². The number of rotatable bonds is 6. The number of hydrogen-bond acceptors (Lipinski definition) is 5. The van der Waals surface area contributed by atoms with Gasteiger partial charge in [0.05, 0.1) is 28.8 Å². The van der Waals surface area contributed by atoms with Crippen LogP contribution in [0.5, 0.6) is 0 Å². The maximum Gasteiger partial charge on any atom is 0.417 e. The lowest BCUT2D eigenvalue weighted by Crippen LogP contribution is -2.63. The van der Waals surface area contributed by atoms with E-state index in [9.17, 15) is 22.8 Å². The Labute approximate surface area is 171 Å².